The van der Waals surface area contributed by atoms with Gasteiger partial charge in [-0.2, -0.15) is 0 Å². The summed E-state index contributed by atoms with van der Waals surface area (Å²) < 4.78 is 5.41. The van der Waals surface area contributed by atoms with E-state index >= 15 is 0 Å². The first-order valence-electron chi connectivity index (χ1n) is 5.10. The van der Waals surface area contributed by atoms with E-state index in [1.54, 1.807) is 6.08 Å². The van der Waals surface area contributed by atoms with Crippen LogP contribution in [0.25, 0.3) is 0 Å². The number of hydrogen-bond acceptors (Lipinski definition) is 1. The highest BCUT2D eigenvalue weighted by atomic mass is 79.9. The van der Waals surface area contributed by atoms with Crippen molar-refractivity contribution >= 4 is 15.9 Å². The molecule has 0 N–H and O–H groups in total. The van der Waals surface area contributed by atoms with Gasteiger partial charge in [-0.15, -0.1) is 6.58 Å². The van der Waals surface area contributed by atoms with Crippen LogP contribution in [0.3, 0.4) is 0 Å². The number of hydrogen-bond donors (Lipinski definition) is 0. The highest BCUT2D eigenvalue weighted by Crippen LogP contribution is 2.39. The number of alkyl halides is 1. The molecule has 0 spiro atoms. The topological polar surface area (TPSA) is 9.23 Å². The fourth-order valence-corrected chi connectivity index (χ4v) is 1.83. The van der Waals surface area contributed by atoms with E-state index in [-0.39, 0.29) is 0 Å². The summed E-state index contributed by atoms with van der Waals surface area (Å²) in [6, 6.07) is 10.2. The minimum Gasteiger partial charge on any atom is -0.355 e. The van der Waals surface area contributed by atoms with E-state index in [4.69, 9.17) is 4.74 Å². The Morgan fingerprint density at radius 1 is 1.40 bits per heavy atom. The van der Waals surface area contributed by atoms with Gasteiger partial charge < -0.3 is 4.74 Å². The molecule has 1 unspecified atom stereocenters. The quantitative estimate of drug-likeness (QED) is 0.577. The standard InChI is InChI=1S/C13H17BrO/c1-4-10-15-13(14,11(2)3)12-8-6-5-7-9-12/h4-9,11H,1,10H2,2-3H3. The van der Waals surface area contributed by atoms with Crippen molar-refractivity contribution in [3.05, 3.63) is 48.6 Å². The third kappa shape index (κ3) is 2.93. The molecule has 1 nitrogen and oxygen atoms in total. The SMILES string of the molecule is C=CCOC(Br)(c1ccccc1)C(C)C. The Labute approximate surface area is 100 Å². The van der Waals surface area contributed by atoms with Crippen LogP contribution in [0.1, 0.15) is 19.4 Å². The summed E-state index contributed by atoms with van der Waals surface area (Å²) in [6.45, 7) is 8.47. The van der Waals surface area contributed by atoms with Crippen LogP contribution in [-0.4, -0.2) is 6.61 Å². The summed E-state index contributed by atoms with van der Waals surface area (Å²) in [5.41, 5.74) is 1.14. The van der Waals surface area contributed by atoms with Gasteiger partial charge >= 0.3 is 0 Å². The summed E-state index contributed by atoms with van der Waals surface area (Å²) in [4.78, 5) is 0. The van der Waals surface area contributed by atoms with Crippen molar-refractivity contribution in [1.29, 1.82) is 0 Å². The molecule has 82 valence electrons. The smallest absolute Gasteiger partial charge is 0.150 e. The van der Waals surface area contributed by atoms with E-state index in [0.29, 0.717) is 12.5 Å². The molecular weight excluding hydrogens is 252 g/mol. The molecule has 0 radical (unpaired) electrons. The third-order valence-corrected chi connectivity index (χ3v) is 3.92. The molecule has 1 aromatic carbocycles. The van der Waals surface area contributed by atoms with Crippen LogP contribution < -0.4 is 0 Å². The summed E-state index contributed by atoms with van der Waals surface area (Å²) in [5, 5.41) is 0. The first-order valence-corrected chi connectivity index (χ1v) is 5.90. The van der Waals surface area contributed by atoms with Crippen LogP contribution in [0.4, 0.5) is 0 Å². The lowest BCUT2D eigenvalue weighted by atomic mass is 9.99. The molecule has 0 heterocycles. The number of benzene rings is 1. The molecule has 0 saturated heterocycles. The molecule has 1 atom stereocenters. The number of ether oxygens (including phenoxy) is 1. The summed E-state index contributed by atoms with van der Waals surface area (Å²) in [5.74, 6) is 0.347. The molecule has 1 aromatic rings. The monoisotopic (exact) mass is 268 g/mol. The zero-order chi connectivity index (χ0) is 11.3. The second-order valence-corrected chi connectivity index (χ2v) is 4.94. The second kappa shape index (κ2) is 5.47. The van der Waals surface area contributed by atoms with Gasteiger partial charge in [0.05, 0.1) is 6.61 Å². The van der Waals surface area contributed by atoms with Crippen LogP contribution in [-0.2, 0) is 9.25 Å². The van der Waals surface area contributed by atoms with Gasteiger partial charge in [-0.25, -0.2) is 0 Å². The molecule has 0 fully saturated rings. The Kier molecular flexibility index (Phi) is 4.55. The minimum atomic E-state index is -0.414. The second-order valence-electron chi connectivity index (χ2n) is 3.77. The van der Waals surface area contributed by atoms with E-state index in [1.807, 2.05) is 18.2 Å². The Morgan fingerprint density at radius 2 is 2.00 bits per heavy atom. The maximum Gasteiger partial charge on any atom is 0.150 e. The molecule has 0 saturated carbocycles. The molecule has 1 rings (SSSR count). The van der Waals surface area contributed by atoms with Gasteiger partial charge in [-0.1, -0.05) is 50.3 Å². The van der Waals surface area contributed by atoms with E-state index in [1.165, 1.54) is 0 Å². The number of rotatable bonds is 5. The van der Waals surface area contributed by atoms with Crippen LogP contribution in [0.5, 0.6) is 0 Å². The lowest BCUT2D eigenvalue weighted by Crippen LogP contribution is -2.28. The van der Waals surface area contributed by atoms with E-state index in [0.717, 1.165) is 5.56 Å². The lowest BCUT2D eigenvalue weighted by Gasteiger charge is -2.32. The van der Waals surface area contributed by atoms with Crippen molar-refractivity contribution in [3.63, 3.8) is 0 Å². The van der Waals surface area contributed by atoms with Crippen molar-refractivity contribution in [2.75, 3.05) is 6.61 Å². The molecule has 0 aliphatic carbocycles. The van der Waals surface area contributed by atoms with Gasteiger partial charge in [-0.05, 0) is 27.4 Å². The van der Waals surface area contributed by atoms with Gasteiger partial charge in [0.15, 0.2) is 4.51 Å². The molecule has 0 amide bonds. The predicted octanol–water partition coefficient (Wildman–Crippen LogP) is 4.09. The molecule has 0 aliphatic heterocycles. The Bertz CT molecular complexity index is 308. The highest BCUT2D eigenvalue weighted by Gasteiger charge is 2.33. The summed E-state index contributed by atoms with van der Waals surface area (Å²) in [7, 11) is 0. The maximum atomic E-state index is 5.82. The van der Waals surface area contributed by atoms with Gasteiger partial charge in [0.25, 0.3) is 0 Å². The third-order valence-electron chi connectivity index (χ3n) is 2.32. The average Bonchev–Trinajstić information content (AvgIpc) is 2.27. The van der Waals surface area contributed by atoms with Crippen molar-refractivity contribution in [2.24, 2.45) is 5.92 Å². The van der Waals surface area contributed by atoms with E-state index in [9.17, 15) is 0 Å². The molecule has 2 heteroatoms. The van der Waals surface area contributed by atoms with Gasteiger partial charge in [0.1, 0.15) is 0 Å². The molecule has 0 bridgehead atoms. The number of halogens is 1. The van der Waals surface area contributed by atoms with E-state index in [2.05, 4.69) is 48.5 Å². The fraction of sp³-hybridized carbons (Fsp3) is 0.385. The maximum absolute atomic E-state index is 5.82. The predicted molar refractivity (Wildman–Crippen MR) is 68.0 cm³/mol. The van der Waals surface area contributed by atoms with Gasteiger partial charge in [-0.3, -0.25) is 0 Å². The molecule has 0 aliphatic rings. The molecule has 15 heavy (non-hydrogen) atoms. The van der Waals surface area contributed by atoms with Crippen LogP contribution in [0.15, 0.2) is 43.0 Å². The first-order chi connectivity index (χ1) is 7.11. The average molecular weight is 269 g/mol. The minimum absolute atomic E-state index is 0.347. The summed E-state index contributed by atoms with van der Waals surface area (Å²) >= 11 is 3.69. The largest absolute Gasteiger partial charge is 0.355 e. The van der Waals surface area contributed by atoms with E-state index < -0.39 is 4.51 Å². The van der Waals surface area contributed by atoms with Gasteiger partial charge in [0, 0.05) is 0 Å². The molecule has 0 aromatic heterocycles. The van der Waals surface area contributed by atoms with Crippen molar-refractivity contribution in [1.82, 2.24) is 0 Å². The summed E-state index contributed by atoms with van der Waals surface area (Å²) in [6.07, 6.45) is 1.77. The zero-order valence-corrected chi connectivity index (χ0v) is 10.8. The van der Waals surface area contributed by atoms with Crippen LogP contribution in [0.2, 0.25) is 0 Å². The highest BCUT2D eigenvalue weighted by molar-refractivity contribution is 9.09. The Morgan fingerprint density at radius 3 is 2.47 bits per heavy atom. The normalized spacial score (nSPS) is 14.9. The van der Waals surface area contributed by atoms with Gasteiger partial charge in [0.2, 0.25) is 0 Å². The first kappa shape index (κ1) is 12.5. The Balaban J connectivity index is 2.96. The van der Waals surface area contributed by atoms with Crippen molar-refractivity contribution < 1.29 is 4.74 Å². The van der Waals surface area contributed by atoms with Crippen LogP contribution in [0, 0.1) is 5.92 Å². The Hall–Kier alpha value is -0.600. The molecular formula is C13H17BrO. The lowest BCUT2D eigenvalue weighted by molar-refractivity contribution is 0.0132. The zero-order valence-electron chi connectivity index (χ0n) is 9.24. The van der Waals surface area contributed by atoms with Crippen molar-refractivity contribution in [2.45, 2.75) is 18.4 Å². The fourth-order valence-electron chi connectivity index (χ4n) is 1.43. The van der Waals surface area contributed by atoms with Crippen LogP contribution >= 0.6 is 15.9 Å². The van der Waals surface area contributed by atoms with Crippen molar-refractivity contribution in [3.8, 4) is 0 Å².